The normalized spacial score (nSPS) is 12.9. The quantitative estimate of drug-likeness (QED) is 0.246. The van der Waals surface area contributed by atoms with Gasteiger partial charge in [-0.05, 0) is 30.5 Å². The molecule has 11 nitrogen and oxygen atoms in total. The van der Waals surface area contributed by atoms with Crippen molar-refractivity contribution in [1.29, 1.82) is 0 Å². The average Bonchev–Trinajstić information content (AvgIpc) is 3.36. The van der Waals surface area contributed by atoms with Crippen LogP contribution >= 0.6 is 11.3 Å². The molecule has 12 heteroatoms. The van der Waals surface area contributed by atoms with Crippen molar-refractivity contribution in [3.05, 3.63) is 56.7 Å². The summed E-state index contributed by atoms with van der Waals surface area (Å²) in [6, 6.07) is 1.95. The Labute approximate surface area is 185 Å². The molecule has 3 rings (SSSR count). The Kier molecular flexibility index (Phi) is 6.73. The number of fused-ring (bicyclic) bond motifs is 1. The summed E-state index contributed by atoms with van der Waals surface area (Å²) >= 11 is 1.14. The number of aromatic nitrogens is 3. The second-order valence-corrected chi connectivity index (χ2v) is 8.11. The van der Waals surface area contributed by atoms with E-state index in [-0.39, 0.29) is 29.6 Å². The van der Waals surface area contributed by atoms with Gasteiger partial charge in [0.2, 0.25) is 5.95 Å². The lowest BCUT2D eigenvalue weighted by Gasteiger charge is -2.13. The predicted octanol–water partition coefficient (Wildman–Crippen LogP) is 1.65. The molecule has 0 aromatic carbocycles. The first-order chi connectivity index (χ1) is 15.2. The third-order valence-electron chi connectivity index (χ3n) is 4.81. The zero-order valence-corrected chi connectivity index (χ0v) is 17.6. The fourth-order valence-electron chi connectivity index (χ4n) is 3.34. The molecule has 0 aliphatic rings. The van der Waals surface area contributed by atoms with Crippen molar-refractivity contribution in [2.75, 3.05) is 5.73 Å². The summed E-state index contributed by atoms with van der Waals surface area (Å²) in [4.78, 5) is 57.6. The molecular weight excluding hydrogens is 438 g/mol. The molecule has 0 spiro atoms. The maximum absolute atomic E-state index is 12.6. The molecule has 3 aromatic rings. The molecule has 7 N–H and O–H groups in total. The van der Waals surface area contributed by atoms with Gasteiger partial charge in [0.25, 0.3) is 11.5 Å². The van der Waals surface area contributed by atoms with E-state index in [9.17, 15) is 24.3 Å². The van der Waals surface area contributed by atoms with Gasteiger partial charge in [-0.3, -0.25) is 19.4 Å². The lowest BCUT2D eigenvalue weighted by molar-refractivity contribution is -0.140. The van der Waals surface area contributed by atoms with E-state index in [4.69, 9.17) is 10.8 Å². The number of nitrogens with two attached hydrogens (primary N) is 1. The minimum absolute atomic E-state index is 0.0119. The van der Waals surface area contributed by atoms with Crippen LogP contribution in [0.3, 0.4) is 0 Å². The molecule has 168 valence electrons. The number of aliphatic carboxylic acids is 2. The topological polar surface area (TPSA) is 191 Å². The lowest BCUT2D eigenvalue weighted by atomic mass is 9.94. The maximum atomic E-state index is 12.6. The van der Waals surface area contributed by atoms with Gasteiger partial charge in [-0.15, -0.1) is 17.9 Å². The van der Waals surface area contributed by atoms with Crippen molar-refractivity contribution >= 4 is 46.2 Å². The molecule has 0 bridgehead atoms. The third kappa shape index (κ3) is 4.86. The van der Waals surface area contributed by atoms with Crippen LogP contribution in [-0.2, 0) is 9.59 Å². The van der Waals surface area contributed by atoms with E-state index in [2.05, 4.69) is 26.8 Å². The summed E-state index contributed by atoms with van der Waals surface area (Å²) < 4.78 is 0. The van der Waals surface area contributed by atoms with E-state index in [1.807, 2.05) is 0 Å². The minimum atomic E-state index is -1.32. The molecule has 0 fully saturated rings. The fraction of sp³-hybridized carbons (Fsp3) is 0.250. The molecular formula is C20H21N5O6S. The van der Waals surface area contributed by atoms with Gasteiger partial charge in [0, 0.05) is 23.4 Å². The highest BCUT2D eigenvalue weighted by atomic mass is 32.1. The second kappa shape index (κ2) is 9.47. The van der Waals surface area contributed by atoms with Crippen LogP contribution in [0.25, 0.3) is 11.0 Å². The van der Waals surface area contributed by atoms with Crippen LogP contribution in [0.1, 0.15) is 45.3 Å². The minimum Gasteiger partial charge on any atom is -0.481 e. The zero-order chi connectivity index (χ0) is 23.4. The van der Waals surface area contributed by atoms with Crippen molar-refractivity contribution in [2.24, 2.45) is 0 Å². The van der Waals surface area contributed by atoms with Crippen molar-refractivity contribution in [3.63, 3.8) is 0 Å². The van der Waals surface area contributed by atoms with Crippen LogP contribution < -0.4 is 16.6 Å². The summed E-state index contributed by atoms with van der Waals surface area (Å²) in [5, 5.41) is 20.7. The Morgan fingerprint density at radius 3 is 2.72 bits per heavy atom. The molecule has 2 atom stereocenters. The number of nitrogens with one attached hydrogen (secondary N) is 3. The van der Waals surface area contributed by atoms with Crippen molar-refractivity contribution in [3.8, 4) is 0 Å². The number of allylic oxidation sites excluding steroid dienone is 1. The second-order valence-electron chi connectivity index (χ2n) is 6.99. The van der Waals surface area contributed by atoms with E-state index < -0.39 is 29.4 Å². The monoisotopic (exact) mass is 459 g/mol. The van der Waals surface area contributed by atoms with E-state index in [0.717, 1.165) is 16.2 Å². The molecule has 1 amide bonds. The number of amides is 1. The number of rotatable bonds is 10. The highest BCUT2D eigenvalue weighted by Crippen LogP contribution is 2.36. The Morgan fingerprint density at radius 2 is 2.06 bits per heavy atom. The van der Waals surface area contributed by atoms with Gasteiger partial charge in [-0.25, -0.2) is 4.79 Å². The third-order valence-corrected chi connectivity index (χ3v) is 6.01. The van der Waals surface area contributed by atoms with Gasteiger partial charge in [-0.2, -0.15) is 4.98 Å². The number of carbonyl (C=O) groups excluding carboxylic acids is 1. The molecule has 32 heavy (non-hydrogen) atoms. The number of thiophene rings is 1. The Balaban J connectivity index is 1.88. The molecule has 0 radical (unpaired) electrons. The van der Waals surface area contributed by atoms with E-state index in [1.165, 1.54) is 0 Å². The number of aromatic amines is 2. The van der Waals surface area contributed by atoms with Crippen LogP contribution in [0.15, 0.2) is 35.8 Å². The summed E-state index contributed by atoms with van der Waals surface area (Å²) in [6.07, 6.45) is 3.19. The number of hydrogen-bond acceptors (Lipinski definition) is 7. The van der Waals surface area contributed by atoms with Crippen LogP contribution in [-0.4, -0.2) is 49.1 Å². The van der Waals surface area contributed by atoms with E-state index in [1.54, 1.807) is 24.4 Å². The average molecular weight is 459 g/mol. The van der Waals surface area contributed by atoms with Gasteiger partial charge < -0.3 is 26.2 Å². The summed E-state index contributed by atoms with van der Waals surface area (Å²) in [7, 11) is 0. The first-order valence-corrected chi connectivity index (χ1v) is 10.4. The summed E-state index contributed by atoms with van der Waals surface area (Å²) in [5.41, 5.74) is 6.20. The van der Waals surface area contributed by atoms with Crippen LogP contribution in [0.2, 0.25) is 0 Å². The molecule has 3 heterocycles. The van der Waals surface area contributed by atoms with Crippen molar-refractivity contribution in [1.82, 2.24) is 20.3 Å². The number of hydrogen-bond donors (Lipinski definition) is 6. The van der Waals surface area contributed by atoms with Crippen LogP contribution in [0.5, 0.6) is 0 Å². The van der Waals surface area contributed by atoms with Crippen LogP contribution in [0.4, 0.5) is 5.95 Å². The molecule has 0 saturated heterocycles. The number of carbonyl (C=O) groups is 3. The zero-order valence-electron chi connectivity index (χ0n) is 16.8. The molecule has 3 aromatic heterocycles. The summed E-state index contributed by atoms with van der Waals surface area (Å²) in [6.45, 7) is 3.77. The van der Waals surface area contributed by atoms with Gasteiger partial charge in [0.1, 0.15) is 11.7 Å². The molecule has 0 aliphatic carbocycles. The Hall–Kier alpha value is -3.93. The van der Waals surface area contributed by atoms with Gasteiger partial charge in [0.05, 0.1) is 10.3 Å². The number of carboxylic acids is 2. The number of anilines is 1. The molecule has 1 unspecified atom stereocenters. The van der Waals surface area contributed by atoms with Gasteiger partial charge >= 0.3 is 11.9 Å². The first-order valence-electron chi connectivity index (χ1n) is 9.54. The predicted molar refractivity (Wildman–Crippen MR) is 118 cm³/mol. The first kappa shape index (κ1) is 22.7. The molecule has 0 saturated carbocycles. The fourth-order valence-corrected chi connectivity index (χ4v) is 4.38. The number of H-pyrrole nitrogens is 2. The van der Waals surface area contributed by atoms with Crippen molar-refractivity contribution < 1.29 is 24.6 Å². The van der Waals surface area contributed by atoms with Crippen LogP contribution in [0, 0.1) is 0 Å². The number of nitrogen functional groups attached to an aromatic ring is 1. The lowest BCUT2D eigenvalue weighted by Crippen LogP contribution is -2.40. The van der Waals surface area contributed by atoms with E-state index in [0.29, 0.717) is 23.0 Å². The van der Waals surface area contributed by atoms with E-state index >= 15 is 0 Å². The largest absolute Gasteiger partial charge is 0.481 e. The maximum Gasteiger partial charge on any atom is 0.326 e. The van der Waals surface area contributed by atoms with Crippen molar-refractivity contribution in [2.45, 2.75) is 31.2 Å². The van der Waals surface area contributed by atoms with Gasteiger partial charge in [0.15, 0.2) is 0 Å². The van der Waals surface area contributed by atoms with Gasteiger partial charge in [-0.1, -0.05) is 6.08 Å². The Bertz CT molecular complexity index is 1240. The SMILES string of the molecule is C=CCC(c1ccc(C(=O)N[C@@H](CCC(=O)O)C(=O)O)s1)c1c[nH]c2nc(N)[nH]c(=O)c12. The Morgan fingerprint density at radius 1 is 1.31 bits per heavy atom. The molecule has 0 aliphatic heterocycles. The summed E-state index contributed by atoms with van der Waals surface area (Å²) in [5.74, 6) is -3.40. The number of carboxylic acid groups (broad SMARTS) is 2. The highest BCUT2D eigenvalue weighted by molar-refractivity contribution is 7.14. The standard InChI is InChI=1S/C20H21N5O6S/c1-2-3-9(10-8-22-16-15(10)18(29)25-20(21)24-16)12-5-6-13(32-12)17(28)23-11(19(30)31)4-7-14(26)27/h2,5-6,8-9,11H,1,3-4,7H2,(H,23,28)(H,26,27)(H,30,31)(H4,21,22,24,25,29)/t9?,11-/m0/s1. The smallest absolute Gasteiger partial charge is 0.326 e. The number of nitrogens with zero attached hydrogens (tertiary/aromatic N) is 1. The highest BCUT2D eigenvalue weighted by Gasteiger charge is 2.25.